The van der Waals surface area contributed by atoms with E-state index in [0.29, 0.717) is 0 Å². The number of rotatable bonds is 3. The molecule has 0 saturated carbocycles. The van der Waals surface area contributed by atoms with Crippen molar-refractivity contribution < 1.29 is 0 Å². The van der Waals surface area contributed by atoms with Crippen LogP contribution in [0.5, 0.6) is 0 Å². The van der Waals surface area contributed by atoms with Crippen LogP contribution in [0.2, 0.25) is 0 Å². The number of hydrogen-bond acceptors (Lipinski definition) is 2. The molecule has 2 heterocycles. The van der Waals surface area contributed by atoms with Gasteiger partial charge in [-0.15, -0.1) is 0 Å². The number of nitrogens with zero attached hydrogens (tertiary/aromatic N) is 3. The van der Waals surface area contributed by atoms with E-state index in [1.165, 1.54) is 49.3 Å². The smallest absolute Gasteiger partial charge is 0.159 e. The Balaban J connectivity index is 1.23. The van der Waals surface area contributed by atoms with Gasteiger partial charge in [-0.2, -0.15) is 0 Å². The van der Waals surface area contributed by atoms with Crippen molar-refractivity contribution >= 4 is 32.6 Å². The lowest BCUT2D eigenvalue weighted by atomic mass is 9.97. The third-order valence-electron chi connectivity index (χ3n) is 8.38. The summed E-state index contributed by atoms with van der Waals surface area (Å²) >= 11 is 0. The zero-order valence-electron chi connectivity index (χ0n) is 22.1. The maximum absolute atomic E-state index is 5.14. The van der Waals surface area contributed by atoms with E-state index in [4.69, 9.17) is 9.97 Å². The molecule has 1 aliphatic carbocycles. The van der Waals surface area contributed by atoms with Gasteiger partial charge >= 0.3 is 0 Å². The summed E-state index contributed by atoms with van der Waals surface area (Å²) in [7, 11) is 0. The second-order valence-corrected chi connectivity index (χ2v) is 10.6. The quantitative estimate of drug-likeness (QED) is 0.232. The molecule has 0 saturated heterocycles. The molecule has 0 atom stereocenters. The molecule has 190 valence electrons. The van der Waals surface area contributed by atoms with E-state index in [9.17, 15) is 0 Å². The average molecular weight is 522 g/mol. The normalized spacial score (nSPS) is 11.9. The van der Waals surface area contributed by atoms with Crippen molar-refractivity contribution in [1.82, 2.24) is 14.5 Å². The molecule has 0 fully saturated rings. The standard InChI is InChI=1S/C38H23N3/c1-2-14-27(15-3-1)41-33-20-5-4-16-30(33)36-28(17-9-21-34(36)41)25-12-6-13-26(22-25)38-39-23-32-29-18-7-10-24-11-8-19-31(35(24)29)37(32)40-38/h1-23H. The number of hydrogen-bond donors (Lipinski definition) is 0. The molecule has 0 radical (unpaired) electrons. The van der Waals surface area contributed by atoms with E-state index < -0.39 is 0 Å². The Hall–Kier alpha value is -5.54. The van der Waals surface area contributed by atoms with Crippen LogP contribution in [0.15, 0.2) is 140 Å². The summed E-state index contributed by atoms with van der Waals surface area (Å²) in [5.41, 5.74) is 11.4. The lowest BCUT2D eigenvalue weighted by Gasteiger charge is -2.10. The van der Waals surface area contributed by atoms with Gasteiger partial charge < -0.3 is 4.57 Å². The van der Waals surface area contributed by atoms with Crippen LogP contribution in [0, 0.1) is 0 Å². The zero-order valence-corrected chi connectivity index (χ0v) is 22.1. The number of aromatic nitrogens is 3. The van der Waals surface area contributed by atoms with Crippen LogP contribution in [-0.2, 0) is 0 Å². The van der Waals surface area contributed by atoms with Gasteiger partial charge in [0.2, 0.25) is 0 Å². The Kier molecular flexibility index (Phi) is 4.61. The SMILES string of the molecule is c1ccc(-n2c3ccccc3c3c(-c4cccc(-c5ncc6c(n5)-c5cccc7cccc-6c57)c4)cccc32)cc1. The molecule has 0 bridgehead atoms. The van der Waals surface area contributed by atoms with Crippen LogP contribution in [0.4, 0.5) is 0 Å². The molecule has 3 nitrogen and oxygen atoms in total. The van der Waals surface area contributed by atoms with E-state index >= 15 is 0 Å². The Morgan fingerprint density at radius 2 is 1.20 bits per heavy atom. The van der Waals surface area contributed by atoms with E-state index in [0.717, 1.165) is 33.9 Å². The fraction of sp³-hybridized carbons (Fsp3) is 0. The third kappa shape index (κ3) is 3.20. The molecule has 6 aromatic carbocycles. The summed E-state index contributed by atoms with van der Waals surface area (Å²) in [5, 5.41) is 5.00. The molecule has 0 amide bonds. The molecule has 0 spiro atoms. The fourth-order valence-electron chi connectivity index (χ4n) is 6.63. The minimum atomic E-state index is 0.745. The third-order valence-corrected chi connectivity index (χ3v) is 8.38. The van der Waals surface area contributed by atoms with E-state index in [2.05, 4.69) is 138 Å². The summed E-state index contributed by atoms with van der Waals surface area (Å²) in [6.45, 7) is 0. The molecule has 0 unspecified atom stereocenters. The van der Waals surface area contributed by atoms with Crippen molar-refractivity contribution in [2.75, 3.05) is 0 Å². The van der Waals surface area contributed by atoms with Crippen molar-refractivity contribution in [3.63, 3.8) is 0 Å². The summed E-state index contributed by atoms with van der Waals surface area (Å²) in [5.74, 6) is 0.745. The highest BCUT2D eigenvalue weighted by Crippen LogP contribution is 2.46. The first-order chi connectivity index (χ1) is 20.3. The molecule has 3 heteroatoms. The average Bonchev–Trinajstić information content (AvgIpc) is 3.56. The van der Waals surface area contributed by atoms with Gasteiger partial charge in [-0.25, -0.2) is 9.97 Å². The van der Waals surface area contributed by atoms with E-state index in [-0.39, 0.29) is 0 Å². The molecule has 0 N–H and O–H groups in total. The number of fused-ring (bicyclic) bond motifs is 6. The number of para-hydroxylation sites is 2. The molecule has 41 heavy (non-hydrogen) atoms. The van der Waals surface area contributed by atoms with Gasteiger partial charge in [0.15, 0.2) is 5.82 Å². The Morgan fingerprint density at radius 3 is 2.10 bits per heavy atom. The molecule has 9 rings (SSSR count). The van der Waals surface area contributed by atoms with Gasteiger partial charge in [0.1, 0.15) is 0 Å². The van der Waals surface area contributed by atoms with Crippen LogP contribution in [-0.4, -0.2) is 14.5 Å². The summed E-state index contributed by atoms with van der Waals surface area (Å²) in [6, 6.07) is 47.4. The van der Waals surface area contributed by atoms with Crippen molar-refractivity contribution in [2.45, 2.75) is 0 Å². The summed E-state index contributed by atoms with van der Waals surface area (Å²) in [4.78, 5) is 10.0. The van der Waals surface area contributed by atoms with Crippen molar-refractivity contribution in [3.05, 3.63) is 140 Å². The highest BCUT2D eigenvalue weighted by Gasteiger charge is 2.23. The fourth-order valence-corrected chi connectivity index (χ4v) is 6.63. The maximum atomic E-state index is 5.14. The van der Waals surface area contributed by atoms with Crippen molar-refractivity contribution in [2.24, 2.45) is 0 Å². The van der Waals surface area contributed by atoms with Gasteiger partial charge in [0.25, 0.3) is 0 Å². The lowest BCUT2D eigenvalue weighted by Crippen LogP contribution is -1.93. The molecular weight excluding hydrogens is 498 g/mol. The second kappa shape index (κ2) is 8.48. The van der Waals surface area contributed by atoms with Crippen LogP contribution in [0.1, 0.15) is 0 Å². The topological polar surface area (TPSA) is 30.7 Å². The van der Waals surface area contributed by atoms with Crippen LogP contribution < -0.4 is 0 Å². The highest BCUT2D eigenvalue weighted by molar-refractivity contribution is 6.16. The first-order valence-corrected chi connectivity index (χ1v) is 13.9. The molecule has 1 aliphatic rings. The highest BCUT2D eigenvalue weighted by atomic mass is 15.0. The van der Waals surface area contributed by atoms with E-state index in [1.54, 1.807) is 0 Å². The van der Waals surface area contributed by atoms with Crippen LogP contribution >= 0.6 is 0 Å². The Morgan fingerprint density at radius 1 is 0.488 bits per heavy atom. The lowest BCUT2D eigenvalue weighted by molar-refractivity contribution is 1.18. The van der Waals surface area contributed by atoms with Gasteiger partial charge in [0, 0.05) is 39.3 Å². The first-order valence-electron chi connectivity index (χ1n) is 13.9. The van der Waals surface area contributed by atoms with Gasteiger partial charge in [-0.05, 0) is 57.8 Å². The van der Waals surface area contributed by atoms with E-state index in [1.807, 2.05) is 6.20 Å². The Labute approximate surface area is 237 Å². The predicted molar refractivity (Wildman–Crippen MR) is 169 cm³/mol. The summed E-state index contributed by atoms with van der Waals surface area (Å²) in [6.07, 6.45) is 1.99. The van der Waals surface area contributed by atoms with Gasteiger partial charge in [-0.1, -0.05) is 103 Å². The van der Waals surface area contributed by atoms with Gasteiger partial charge in [0.05, 0.1) is 16.7 Å². The Bertz CT molecular complexity index is 2310. The molecule has 0 aliphatic heterocycles. The van der Waals surface area contributed by atoms with Crippen LogP contribution in [0.3, 0.4) is 0 Å². The molecule has 8 aromatic rings. The first kappa shape index (κ1) is 22.3. The largest absolute Gasteiger partial charge is 0.309 e. The van der Waals surface area contributed by atoms with Crippen molar-refractivity contribution in [1.29, 1.82) is 0 Å². The monoisotopic (exact) mass is 521 g/mol. The number of benzene rings is 6. The van der Waals surface area contributed by atoms with Crippen molar-refractivity contribution in [3.8, 4) is 50.6 Å². The predicted octanol–water partition coefficient (Wildman–Crippen LogP) is 9.71. The minimum Gasteiger partial charge on any atom is -0.309 e. The maximum Gasteiger partial charge on any atom is 0.159 e. The van der Waals surface area contributed by atoms with Crippen LogP contribution in [0.25, 0.3) is 83.2 Å². The molecular formula is C38H23N3. The zero-order chi connectivity index (χ0) is 26.9. The van der Waals surface area contributed by atoms with Gasteiger partial charge in [-0.3, -0.25) is 0 Å². The minimum absolute atomic E-state index is 0.745. The second-order valence-electron chi connectivity index (χ2n) is 10.6. The summed E-state index contributed by atoms with van der Waals surface area (Å²) < 4.78 is 2.36. The molecule has 2 aromatic heterocycles.